The number of hydrogen-bond donors (Lipinski definition) is 1. The van der Waals surface area contributed by atoms with E-state index >= 15 is 0 Å². The Hall–Kier alpha value is -3.19. The Kier molecular flexibility index (Phi) is 5.01. The van der Waals surface area contributed by atoms with Gasteiger partial charge in [-0.05, 0) is 42.7 Å². The van der Waals surface area contributed by atoms with Gasteiger partial charge in [0.1, 0.15) is 11.9 Å². The first-order valence-electron chi connectivity index (χ1n) is 10.5. The van der Waals surface area contributed by atoms with Crippen molar-refractivity contribution >= 4 is 22.9 Å². The lowest BCUT2D eigenvalue weighted by Crippen LogP contribution is -2.51. The van der Waals surface area contributed by atoms with Crippen LogP contribution in [0.3, 0.4) is 0 Å². The molecule has 32 heavy (non-hydrogen) atoms. The van der Waals surface area contributed by atoms with Gasteiger partial charge in [0.15, 0.2) is 6.10 Å². The molecule has 2 fully saturated rings. The summed E-state index contributed by atoms with van der Waals surface area (Å²) in [4.78, 5) is 16.5. The lowest BCUT2D eigenvalue weighted by molar-refractivity contribution is -0.215. The second-order valence-corrected chi connectivity index (χ2v) is 8.25. The van der Waals surface area contributed by atoms with E-state index in [1.54, 1.807) is 12.1 Å². The van der Waals surface area contributed by atoms with Crippen molar-refractivity contribution in [1.29, 1.82) is 0 Å². The third-order valence-electron chi connectivity index (χ3n) is 5.94. The summed E-state index contributed by atoms with van der Waals surface area (Å²) in [6.45, 7) is 0. The number of fused-ring (bicyclic) bond motifs is 1. The van der Waals surface area contributed by atoms with Gasteiger partial charge in [0.05, 0.1) is 17.6 Å². The fourth-order valence-corrected chi connectivity index (χ4v) is 4.11. The van der Waals surface area contributed by atoms with E-state index in [1.807, 2.05) is 24.3 Å². The maximum atomic E-state index is 14.5. The molecule has 7 heteroatoms. The molecule has 1 saturated heterocycles. The second-order valence-electron chi connectivity index (χ2n) is 8.25. The Balaban J connectivity index is 1.70. The number of nitrogens with zero attached hydrogens (tertiary/aromatic N) is 1. The number of para-hydroxylation sites is 1. The van der Waals surface area contributed by atoms with E-state index in [-0.39, 0.29) is 11.7 Å². The lowest BCUT2D eigenvalue weighted by Gasteiger charge is -2.32. The van der Waals surface area contributed by atoms with Crippen LogP contribution in [0.5, 0.6) is 0 Å². The number of esters is 1. The molecular formula is C25H20F3NO3. The third kappa shape index (κ3) is 3.66. The highest BCUT2D eigenvalue weighted by Gasteiger charge is 2.52. The summed E-state index contributed by atoms with van der Waals surface area (Å²) < 4.78 is 47.4. The van der Waals surface area contributed by atoms with Crippen LogP contribution in [0.4, 0.5) is 13.2 Å². The number of cyclic esters (lactones) is 1. The molecule has 164 valence electrons. The fourth-order valence-electron chi connectivity index (χ4n) is 4.11. The summed E-state index contributed by atoms with van der Waals surface area (Å²) in [6, 6.07) is 13.5. The van der Waals surface area contributed by atoms with Crippen molar-refractivity contribution in [2.24, 2.45) is 0 Å². The molecule has 2 aliphatic rings. The highest BCUT2D eigenvalue weighted by Crippen LogP contribution is 2.45. The van der Waals surface area contributed by atoms with Gasteiger partial charge in [-0.15, -0.1) is 0 Å². The minimum absolute atomic E-state index is 0.193. The van der Waals surface area contributed by atoms with Crippen molar-refractivity contribution < 1.29 is 27.8 Å². The number of pyridine rings is 1. The topological polar surface area (TPSA) is 59.4 Å². The number of rotatable bonds is 4. The highest BCUT2D eigenvalue weighted by molar-refractivity contribution is 5.99. The highest BCUT2D eigenvalue weighted by atomic mass is 19.3. The van der Waals surface area contributed by atoms with E-state index < -0.39 is 30.5 Å². The monoisotopic (exact) mass is 439 g/mol. The zero-order chi connectivity index (χ0) is 22.5. The summed E-state index contributed by atoms with van der Waals surface area (Å²) in [5.74, 6) is -4.67. The van der Waals surface area contributed by atoms with Crippen molar-refractivity contribution in [3.8, 4) is 11.1 Å². The molecule has 3 aromatic rings. The predicted octanol–water partition coefficient (Wildman–Crippen LogP) is 5.24. The first kappa shape index (κ1) is 20.7. The molecule has 5 rings (SSSR count). The second kappa shape index (κ2) is 7.74. The van der Waals surface area contributed by atoms with Crippen LogP contribution in [0.15, 0.2) is 54.6 Å². The average Bonchev–Trinajstić information content (AvgIpc) is 3.61. The van der Waals surface area contributed by atoms with Gasteiger partial charge in [0.2, 0.25) is 0 Å². The van der Waals surface area contributed by atoms with Crippen molar-refractivity contribution in [3.05, 3.63) is 71.7 Å². The zero-order valence-electron chi connectivity index (χ0n) is 17.0. The molecule has 1 N–H and O–H groups in total. The molecule has 2 atom stereocenters. The molecule has 2 heterocycles. The molecule has 0 bridgehead atoms. The van der Waals surface area contributed by atoms with Gasteiger partial charge in [-0.3, -0.25) is 9.78 Å². The number of carbonyl (C=O) groups is 1. The van der Waals surface area contributed by atoms with E-state index in [0.717, 1.165) is 46.6 Å². The number of aliphatic hydroxyl groups excluding tert-OH is 1. The minimum Gasteiger partial charge on any atom is -0.451 e. The molecule has 2 aromatic carbocycles. The molecule has 4 nitrogen and oxygen atoms in total. The van der Waals surface area contributed by atoms with Crippen LogP contribution in [0.25, 0.3) is 28.1 Å². The normalized spacial score (nSPS) is 22.9. The van der Waals surface area contributed by atoms with E-state index in [9.17, 15) is 23.1 Å². The van der Waals surface area contributed by atoms with Crippen LogP contribution in [0.2, 0.25) is 0 Å². The Morgan fingerprint density at radius 2 is 1.81 bits per heavy atom. The molecular weight excluding hydrogens is 419 g/mol. The Morgan fingerprint density at radius 1 is 1.09 bits per heavy atom. The van der Waals surface area contributed by atoms with Crippen molar-refractivity contribution in [2.45, 2.75) is 43.3 Å². The first-order valence-corrected chi connectivity index (χ1v) is 10.5. The van der Waals surface area contributed by atoms with Gasteiger partial charge in [-0.25, -0.2) is 4.39 Å². The number of hydrogen-bond acceptors (Lipinski definition) is 4. The zero-order valence-corrected chi connectivity index (χ0v) is 17.0. The maximum Gasteiger partial charge on any atom is 0.313 e. The number of benzene rings is 2. The van der Waals surface area contributed by atoms with Crippen molar-refractivity contribution in [3.63, 3.8) is 0 Å². The molecule has 0 amide bonds. The van der Waals surface area contributed by atoms with Gasteiger partial charge in [0, 0.05) is 22.4 Å². The van der Waals surface area contributed by atoms with Gasteiger partial charge >= 0.3 is 11.9 Å². The van der Waals surface area contributed by atoms with E-state index in [1.165, 1.54) is 18.2 Å². The van der Waals surface area contributed by atoms with Crippen molar-refractivity contribution in [1.82, 2.24) is 4.98 Å². The van der Waals surface area contributed by atoms with Crippen LogP contribution in [0.1, 0.15) is 36.4 Å². The number of alkyl halides is 2. The number of carbonyl (C=O) groups excluding carboxylic acids is 1. The third-order valence-corrected chi connectivity index (χ3v) is 5.94. The van der Waals surface area contributed by atoms with E-state index in [0.29, 0.717) is 5.56 Å². The van der Waals surface area contributed by atoms with Crippen LogP contribution in [-0.4, -0.2) is 34.2 Å². The molecule has 0 spiro atoms. The van der Waals surface area contributed by atoms with Gasteiger partial charge in [-0.2, -0.15) is 8.78 Å². The van der Waals surface area contributed by atoms with Crippen molar-refractivity contribution in [2.75, 3.05) is 0 Å². The average molecular weight is 439 g/mol. The van der Waals surface area contributed by atoms with E-state index in [2.05, 4.69) is 0 Å². The lowest BCUT2D eigenvalue weighted by atomic mass is 9.91. The SMILES string of the molecule is O=C1CC(O)C(F)(F)C(/C=C/c2c(C3CC3)nc3ccccc3c2-c2ccc(F)cc2)O1. The predicted molar refractivity (Wildman–Crippen MR) is 114 cm³/mol. The molecule has 1 saturated carbocycles. The first-order chi connectivity index (χ1) is 15.3. The summed E-state index contributed by atoms with van der Waals surface area (Å²) in [5.41, 5.74) is 3.63. The van der Waals surface area contributed by atoms with Crippen LogP contribution in [-0.2, 0) is 9.53 Å². The van der Waals surface area contributed by atoms with Gasteiger partial charge in [-0.1, -0.05) is 36.4 Å². The number of aromatic nitrogens is 1. The summed E-state index contributed by atoms with van der Waals surface area (Å²) in [5, 5.41) is 10.5. The molecule has 0 radical (unpaired) electrons. The number of ether oxygens (including phenoxy) is 1. The smallest absolute Gasteiger partial charge is 0.313 e. The summed E-state index contributed by atoms with van der Waals surface area (Å²) in [6.07, 6.45) is -0.264. The van der Waals surface area contributed by atoms with Gasteiger partial charge in [0.25, 0.3) is 0 Å². The quantitative estimate of drug-likeness (QED) is 0.565. The van der Waals surface area contributed by atoms with E-state index in [4.69, 9.17) is 9.72 Å². The Morgan fingerprint density at radius 3 is 2.53 bits per heavy atom. The standard InChI is InChI=1S/C25H20F3NO3/c26-16-9-7-14(8-10-16)23-17-3-1-2-4-19(17)29-24(15-5-6-15)18(23)11-12-21-25(27,28)20(30)13-22(31)32-21/h1-4,7-12,15,20-21,30H,5-6,13H2/b12-11+. The van der Waals surface area contributed by atoms with Crippen LogP contribution >= 0.6 is 0 Å². The summed E-state index contributed by atoms with van der Waals surface area (Å²) >= 11 is 0. The minimum atomic E-state index is -3.61. The molecule has 1 aliphatic carbocycles. The fraction of sp³-hybridized carbons (Fsp3) is 0.280. The Bertz CT molecular complexity index is 1220. The maximum absolute atomic E-state index is 14.5. The number of halogens is 3. The molecule has 2 unspecified atom stereocenters. The molecule has 1 aromatic heterocycles. The van der Waals surface area contributed by atoms with Crippen LogP contribution < -0.4 is 0 Å². The van der Waals surface area contributed by atoms with Gasteiger partial charge < -0.3 is 9.84 Å². The van der Waals surface area contributed by atoms with Crippen LogP contribution in [0, 0.1) is 5.82 Å². The number of aliphatic hydroxyl groups is 1. The Labute approximate surface area is 182 Å². The molecule has 1 aliphatic heterocycles. The largest absolute Gasteiger partial charge is 0.451 e. The summed E-state index contributed by atoms with van der Waals surface area (Å²) in [7, 11) is 0.